The van der Waals surface area contributed by atoms with Crippen LogP contribution in [0, 0.1) is 0 Å². The number of nitrogens with zero attached hydrogens (tertiary/aromatic N) is 6. The zero-order valence-electron chi connectivity index (χ0n) is 19.8. The minimum absolute atomic E-state index is 0.143. The van der Waals surface area contributed by atoms with Crippen molar-refractivity contribution >= 4 is 37.4 Å². The molecule has 6 rings (SSSR count). The van der Waals surface area contributed by atoms with E-state index in [1.54, 1.807) is 23.6 Å². The normalized spacial score (nSPS) is 24.9. The molecule has 0 amide bonds. The molecule has 3 aromatic heterocycles. The van der Waals surface area contributed by atoms with Crippen LogP contribution in [0.1, 0.15) is 6.23 Å². The lowest BCUT2D eigenvalue weighted by Gasteiger charge is -2.21. The van der Waals surface area contributed by atoms with Gasteiger partial charge in [0.2, 0.25) is 5.95 Å². The van der Waals surface area contributed by atoms with Crippen LogP contribution >= 0.6 is 7.75 Å². The molecule has 2 aliphatic rings. The SMILES string of the molecule is CN(C)c1nc2c(ncn2[C@@H]2O[C@H](COP(=O)(O)n3ccnc3)[C@H]3OB(c4ccccc4)O[C@H]32)c(=O)[nH]1. The predicted octanol–water partition coefficient (Wildman–Crippen LogP) is 0.124. The van der Waals surface area contributed by atoms with E-state index in [0.717, 1.165) is 9.80 Å². The zero-order valence-corrected chi connectivity index (χ0v) is 20.7. The Hall–Kier alpha value is -3.33. The molecule has 0 spiro atoms. The topological polar surface area (TPSA) is 159 Å². The van der Waals surface area contributed by atoms with E-state index in [0.29, 0.717) is 11.6 Å². The summed E-state index contributed by atoms with van der Waals surface area (Å²) < 4.78 is 39.4. The Bertz CT molecular complexity index is 1510. The predicted molar refractivity (Wildman–Crippen MR) is 131 cm³/mol. The third-order valence-electron chi connectivity index (χ3n) is 6.23. The number of aromatic nitrogens is 6. The molecule has 2 fully saturated rings. The molecule has 2 aliphatic heterocycles. The van der Waals surface area contributed by atoms with Gasteiger partial charge in [0.25, 0.3) is 5.56 Å². The Morgan fingerprint density at radius 3 is 2.73 bits per heavy atom. The average molecular weight is 527 g/mol. The van der Waals surface area contributed by atoms with E-state index in [9.17, 15) is 14.3 Å². The van der Waals surface area contributed by atoms with E-state index >= 15 is 0 Å². The lowest BCUT2D eigenvalue weighted by Crippen LogP contribution is -2.36. The van der Waals surface area contributed by atoms with Gasteiger partial charge >= 0.3 is 14.9 Å². The van der Waals surface area contributed by atoms with Gasteiger partial charge in [0, 0.05) is 26.5 Å². The molecule has 14 nitrogen and oxygen atoms in total. The number of anilines is 1. The first-order chi connectivity index (χ1) is 17.8. The second kappa shape index (κ2) is 9.21. The number of hydrogen-bond acceptors (Lipinski definition) is 10. The minimum atomic E-state index is -4.21. The summed E-state index contributed by atoms with van der Waals surface area (Å²) in [4.78, 5) is 39.9. The third kappa shape index (κ3) is 4.29. The van der Waals surface area contributed by atoms with Crippen molar-refractivity contribution in [3.05, 3.63) is 65.7 Å². The molecule has 4 aromatic rings. The maximum absolute atomic E-state index is 12.7. The van der Waals surface area contributed by atoms with Crippen molar-refractivity contribution < 1.29 is 28.0 Å². The zero-order chi connectivity index (χ0) is 25.7. The van der Waals surface area contributed by atoms with Crippen molar-refractivity contribution in [2.75, 3.05) is 25.6 Å². The van der Waals surface area contributed by atoms with Crippen LogP contribution in [0.5, 0.6) is 0 Å². The molecule has 37 heavy (non-hydrogen) atoms. The van der Waals surface area contributed by atoms with Gasteiger partial charge in [-0.15, -0.1) is 0 Å². The number of H-pyrrole nitrogens is 1. The van der Waals surface area contributed by atoms with Gasteiger partial charge in [0.05, 0.1) is 12.9 Å². The molecule has 0 saturated carbocycles. The summed E-state index contributed by atoms with van der Waals surface area (Å²) in [5.41, 5.74) is 0.857. The van der Waals surface area contributed by atoms with Crippen LogP contribution < -0.4 is 15.9 Å². The Kier molecular flexibility index (Phi) is 5.98. The van der Waals surface area contributed by atoms with E-state index in [2.05, 4.69) is 19.9 Å². The van der Waals surface area contributed by atoms with Crippen LogP contribution in [0.15, 0.2) is 60.2 Å². The van der Waals surface area contributed by atoms with E-state index in [1.165, 1.54) is 25.0 Å². The molecule has 16 heteroatoms. The van der Waals surface area contributed by atoms with Crippen molar-refractivity contribution in [2.45, 2.75) is 24.5 Å². The summed E-state index contributed by atoms with van der Waals surface area (Å²) in [6.07, 6.45) is 2.51. The van der Waals surface area contributed by atoms with Crippen molar-refractivity contribution in [3.8, 4) is 0 Å². The quantitative estimate of drug-likeness (QED) is 0.248. The van der Waals surface area contributed by atoms with Gasteiger partial charge in [-0.3, -0.25) is 18.9 Å². The molecule has 1 unspecified atom stereocenters. The summed E-state index contributed by atoms with van der Waals surface area (Å²) >= 11 is 0. The molecule has 0 aliphatic carbocycles. The number of benzene rings is 1. The second-order valence-corrected chi connectivity index (χ2v) is 10.5. The van der Waals surface area contributed by atoms with Gasteiger partial charge in [-0.25, -0.2) is 18.9 Å². The molecule has 5 heterocycles. The molecule has 0 radical (unpaired) electrons. The smallest absolute Gasteiger partial charge is 0.399 e. The van der Waals surface area contributed by atoms with Crippen LogP contribution in [0.3, 0.4) is 0 Å². The molecule has 1 aromatic carbocycles. The van der Waals surface area contributed by atoms with Crippen molar-refractivity contribution in [2.24, 2.45) is 0 Å². The van der Waals surface area contributed by atoms with Crippen LogP contribution in [0.4, 0.5) is 5.95 Å². The van der Waals surface area contributed by atoms with Gasteiger partial charge < -0.3 is 23.8 Å². The first kappa shape index (κ1) is 24.0. The standard InChI is InChI=1S/C21H23BN7O7P/c1-27(2)21-25-18-15(19(30)26-21)24-12-29(18)20-17-16(35-22(36-17)13-6-4-3-5-7-13)14(34-20)10-33-37(31,32)28-9-8-23-11-28/h3-9,11-12,14,16-17,20H,10H2,1-2H3,(H,31,32)(H,25,26,30)/t14-,16-,17-,20-/m1/s1. The summed E-state index contributed by atoms with van der Waals surface area (Å²) in [5.74, 6) is 0.348. The molecule has 2 saturated heterocycles. The van der Waals surface area contributed by atoms with Gasteiger partial charge in [-0.1, -0.05) is 30.3 Å². The van der Waals surface area contributed by atoms with Crippen molar-refractivity contribution in [3.63, 3.8) is 0 Å². The number of aromatic amines is 1. The minimum Gasteiger partial charge on any atom is -0.399 e. The average Bonchev–Trinajstić information content (AvgIpc) is 3.67. The Morgan fingerprint density at radius 1 is 1.22 bits per heavy atom. The van der Waals surface area contributed by atoms with Gasteiger partial charge in [0.15, 0.2) is 17.4 Å². The highest BCUT2D eigenvalue weighted by atomic mass is 31.2. The number of hydrogen-bond donors (Lipinski definition) is 2. The molecule has 5 atom stereocenters. The maximum Gasteiger partial charge on any atom is 0.494 e. The highest BCUT2D eigenvalue weighted by molar-refractivity contribution is 7.51. The highest BCUT2D eigenvalue weighted by Gasteiger charge is 2.55. The Balaban J connectivity index is 1.34. The summed E-state index contributed by atoms with van der Waals surface area (Å²) in [6.45, 7) is -0.266. The maximum atomic E-state index is 12.7. The fourth-order valence-corrected chi connectivity index (χ4v) is 5.30. The van der Waals surface area contributed by atoms with Crippen molar-refractivity contribution in [1.82, 2.24) is 28.8 Å². The summed E-state index contributed by atoms with van der Waals surface area (Å²) in [5, 5.41) is 0. The Morgan fingerprint density at radius 2 is 2.00 bits per heavy atom. The Labute approximate surface area is 210 Å². The van der Waals surface area contributed by atoms with E-state index in [4.69, 9.17) is 18.6 Å². The van der Waals surface area contributed by atoms with Gasteiger partial charge in [-0.2, -0.15) is 4.98 Å². The van der Waals surface area contributed by atoms with E-state index in [-0.39, 0.29) is 12.1 Å². The second-order valence-electron chi connectivity index (χ2n) is 8.85. The number of ether oxygens (including phenoxy) is 1. The first-order valence-corrected chi connectivity index (χ1v) is 13.0. The third-order valence-corrected chi connectivity index (χ3v) is 7.53. The molecule has 2 N–H and O–H groups in total. The van der Waals surface area contributed by atoms with Gasteiger partial charge in [-0.05, 0) is 5.46 Å². The largest absolute Gasteiger partial charge is 0.494 e. The van der Waals surface area contributed by atoms with Crippen molar-refractivity contribution in [1.29, 1.82) is 0 Å². The number of fused-ring (bicyclic) bond motifs is 2. The lowest BCUT2D eigenvalue weighted by atomic mass is 9.79. The molecule has 0 bridgehead atoms. The fourth-order valence-electron chi connectivity index (χ4n) is 4.41. The number of imidazole rings is 2. The monoisotopic (exact) mass is 527 g/mol. The summed E-state index contributed by atoms with van der Waals surface area (Å²) in [7, 11) is -1.39. The van der Waals surface area contributed by atoms with E-state index < -0.39 is 45.0 Å². The van der Waals surface area contributed by atoms with Crippen LogP contribution in [-0.4, -0.2) is 79.9 Å². The van der Waals surface area contributed by atoms with Gasteiger partial charge in [0.1, 0.15) is 24.6 Å². The lowest BCUT2D eigenvalue weighted by molar-refractivity contribution is -0.0545. The molecule has 192 valence electrons. The van der Waals surface area contributed by atoms with Crippen LogP contribution in [-0.2, 0) is 23.1 Å². The van der Waals surface area contributed by atoms with E-state index in [1.807, 2.05) is 30.3 Å². The number of nitrogens with one attached hydrogen (secondary N) is 1. The number of rotatable bonds is 7. The van der Waals surface area contributed by atoms with Crippen LogP contribution in [0.2, 0.25) is 0 Å². The molecular weight excluding hydrogens is 504 g/mol. The first-order valence-electron chi connectivity index (χ1n) is 11.4. The van der Waals surface area contributed by atoms with Crippen LogP contribution in [0.25, 0.3) is 11.2 Å². The highest BCUT2D eigenvalue weighted by Crippen LogP contribution is 2.46. The summed E-state index contributed by atoms with van der Waals surface area (Å²) in [6, 6.07) is 9.40. The molecular formula is C21H23BN7O7P. The fraction of sp³-hybridized carbons (Fsp3) is 0.333.